The van der Waals surface area contributed by atoms with E-state index in [2.05, 4.69) is 4.99 Å². The lowest BCUT2D eigenvalue weighted by Gasteiger charge is -2.19. The maximum Gasteiger partial charge on any atom is 0.352 e. The number of unbranched alkanes of at least 4 members (excludes halogenated alkanes) is 1. The van der Waals surface area contributed by atoms with Crippen LogP contribution in [-0.2, 0) is 25.7 Å². The molecule has 1 aliphatic rings. The number of aliphatic imine (C=N–C) groups is 1. The second-order valence-electron chi connectivity index (χ2n) is 6.34. The number of halogens is 1. The number of benzene rings is 2. The lowest BCUT2D eigenvalue weighted by Crippen LogP contribution is -2.44. The van der Waals surface area contributed by atoms with E-state index in [1.54, 1.807) is 24.3 Å². The fourth-order valence-corrected chi connectivity index (χ4v) is 2.92. The van der Waals surface area contributed by atoms with Gasteiger partial charge in [-0.25, -0.2) is 14.6 Å². The molecule has 0 N–H and O–H groups in total. The van der Waals surface area contributed by atoms with E-state index < -0.39 is 17.5 Å². The lowest BCUT2D eigenvalue weighted by molar-refractivity contribution is -0.159. The molecule has 0 aliphatic carbocycles. The Morgan fingerprint density at radius 2 is 1.85 bits per heavy atom. The molecular formula is C21H20ClNO4. The molecule has 1 heterocycles. The first-order valence-corrected chi connectivity index (χ1v) is 9.22. The summed E-state index contributed by atoms with van der Waals surface area (Å²) in [5, 5.41) is 0.559. The fourth-order valence-electron chi connectivity index (χ4n) is 2.79. The molecule has 0 amide bonds. The highest BCUT2D eigenvalue weighted by molar-refractivity contribution is 6.30. The van der Waals surface area contributed by atoms with Crippen molar-refractivity contribution in [1.29, 1.82) is 0 Å². The van der Waals surface area contributed by atoms with Crippen molar-refractivity contribution < 1.29 is 19.1 Å². The fraction of sp³-hybridized carbons (Fsp3) is 0.286. The van der Waals surface area contributed by atoms with Crippen LogP contribution >= 0.6 is 11.6 Å². The van der Waals surface area contributed by atoms with Crippen LogP contribution < -0.4 is 0 Å². The summed E-state index contributed by atoms with van der Waals surface area (Å²) in [5.41, 5.74) is -0.230. The summed E-state index contributed by atoms with van der Waals surface area (Å²) in [6.07, 6.45) is 1.70. The van der Waals surface area contributed by atoms with Gasteiger partial charge in [-0.1, -0.05) is 61.7 Å². The van der Waals surface area contributed by atoms with E-state index in [1.165, 1.54) is 0 Å². The quantitative estimate of drug-likeness (QED) is 0.526. The maximum atomic E-state index is 12.8. The maximum absolute atomic E-state index is 12.8. The first-order chi connectivity index (χ1) is 13.0. The average Bonchev–Trinajstić information content (AvgIpc) is 3.03. The highest BCUT2D eigenvalue weighted by Crippen LogP contribution is 2.31. The molecule has 6 heteroatoms. The number of nitrogens with zero attached hydrogens (tertiary/aromatic N) is 1. The summed E-state index contributed by atoms with van der Waals surface area (Å²) >= 11 is 5.90. The highest BCUT2D eigenvalue weighted by Gasteiger charge is 2.53. The monoisotopic (exact) mass is 385 g/mol. The third-order valence-electron chi connectivity index (χ3n) is 4.35. The summed E-state index contributed by atoms with van der Waals surface area (Å²) in [5.74, 6) is -1.27. The van der Waals surface area contributed by atoms with Crippen molar-refractivity contribution in [3.8, 4) is 0 Å². The topological polar surface area (TPSA) is 65.0 Å². The Morgan fingerprint density at radius 1 is 1.15 bits per heavy atom. The second-order valence-corrected chi connectivity index (χ2v) is 6.78. The number of carbonyl (C=O) groups is 2. The number of cyclic esters (lactones) is 1. The molecule has 0 bridgehead atoms. The van der Waals surface area contributed by atoms with Crippen molar-refractivity contribution in [3.05, 3.63) is 70.7 Å². The van der Waals surface area contributed by atoms with Gasteiger partial charge in [0.2, 0.25) is 5.90 Å². The normalized spacial score (nSPS) is 18.7. The zero-order valence-electron chi connectivity index (χ0n) is 15.0. The number of hydrogen-bond donors (Lipinski definition) is 0. The molecule has 0 saturated heterocycles. The first kappa shape index (κ1) is 19.1. The third kappa shape index (κ3) is 4.19. The van der Waals surface area contributed by atoms with Crippen molar-refractivity contribution in [2.24, 2.45) is 4.99 Å². The van der Waals surface area contributed by atoms with Crippen molar-refractivity contribution in [2.45, 2.75) is 38.3 Å². The van der Waals surface area contributed by atoms with Gasteiger partial charge in [0.25, 0.3) is 5.54 Å². The molecule has 1 aliphatic heterocycles. The molecule has 0 spiro atoms. The van der Waals surface area contributed by atoms with E-state index in [9.17, 15) is 9.59 Å². The van der Waals surface area contributed by atoms with Crippen LogP contribution in [0.2, 0.25) is 5.02 Å². The van der Waals surface area contributed by atoms with Gasteiger partial charge in [0.15, 0.2) is 0 Å². The van der Waals surface area contributed by atoms with Gasteiger partial charge in [0.1, 0.15) is 6.61 Å². The van der Waals surface area contributed by atoms with Crippen molar-refractivity contribution in [1.82, 2.24) is 0 Å². The summed E-state index contributed by atoms with van der Waals surface area (Å²) in [6, 6.07) is 16.0. The molecule has 140 valence electrons. The van der Waals surface area contributed by atoms with E-state index in [1.807, 2.05) is 37.3 Å². The number of esters is 2. The van der Waals surface area contributed by atoms with Crippen molar-refractivity contribution in [2.75, 3.05) is 0 Å². The Kier molecular flexibility index (Phi) is 5.91. The minimum absolute atomic E-state index is 0.0760. The predicted octanol–water partition coefficient (Wildman–Crippen LogP) is 4.32. The Bertz CT molecular complexity index is 848. The van der Waals surface area contributed by atoms with Crippen molar-refractivity contribution in [3.63, 3.8) is 0 Å². The summed E-state index contributed by atoms with van der Waals surface area (Å²) in [4.78, 5) is 29.9. The van der Waals surface area contributed by atoms with Gasteiger partial charge in [-0.3, -0.25) is 0 Å². The first-order valence-electron chi connectivity index (χ1n) is 8.84. The number of hydrogen-bond acceptors (Lipinski definition) is 5. The van der Waals surface area contributed by atoms with Gasteiger partial charge in [-0.05, 0) is 36.2 Å². The van der Waals surface area contributed by atoms with Gasteiger partial charge < -0.3 is 9.47 Å². The van der Waals surface area contributed by atoms with E-state index in [0.717, 1.165) is 12.0 Å². The Balaban J connectivity index is 1.85. The molecule has 0 aromatic heterocycles. The standard InChI is InChI=1S/C21H20ClNO4/c1-2-3-13-21(19(24)26-14-15-7-5-4-6-8-15)20(25)27-18(23-21)16-9-11-17(22)12-10-16/h4-12H,2-3,13-14H2,1H3/t21-/m0/s1. The summed E-state index contributed by atoms with van der Waals surface area (Å²) in [7, 11) is 0. The molecule has 0 radical (unpaired) electrons. The molecule has 2 aromatic rings. The van der Waals surface area contributed by atoms with E-state index >= 15 is 0 Å². The van der Waals surface area contributed by atoms with Crippen LogP contribution in [0.4, 0.5) is 0 Å². The zero-order valence-corrected chi connectivity index (χ0v) is 15.7. The van der Waals surface area contributed by atoms with Crippen LogP contribution in [0.3, 0.4) is 0 Å². The van der Waals surface area contributed by atoms with Crippen molar-refractivity contribution >= 4 is 29.4 Å². The minimum atomic E-state index is -1.65. The molecule has 27 heavy (non-hydrogen) atoms. The van der Waals surface area contributed by atoms with E-state index in [0.29, 0.717) is 17.0 Å². The van der Waals surface area contributed by atoms with Gasteiger partial charge >= 0.3 is 11.9 Å². The molecule has 0 unspecified atom stereocenters. The van der Waals surface area contributed by atoms with Gasteiger partial charge in [0, 0.05) is 10.6 Å². The predicted molar refractivity (Wildman–Crippen MR) is 103 cm³/mol. The van der Waals surface area contributed by atoms with Crippen LogP contribution in [0, 0.1) is 0 Å². The van der Waals surface area contributed by atoms with Crippen LogP contribution in [-0.4, -0.2) is 23.4 Å². The molecule has 3 rings (SSSR count). The SMILES string of the molecule is CCCC[C@@]1(C(=O)OCc2ccccc2)N=C(c2ccc(Cl)cc2)OC1=O. The molecule has 1 atom stereocenters. The van der Waals surface area contributed by atoms with E-state index in [4.69, 9.17) is 21.1 Å². The van der Waals surface area contributed by atoms with Gasteiger partial charge in [-0.2, -0.15) is 0 Å². The van der Waals surface area contributed by atoms with Crippen LogP contribution in [0.25, 0.3) is 0 Å². The van der Waals surface area contributed by atoms with Gasteiger partial charge in [-0.15, -0.1) is 0 Å². The number of ether oxygens (including phenoxy) is 2. The second kappa shape index (κ2) is 8.35. The van der Waals surface area contributed by atoms with E-state index in [-0.39, 0.29) is 18.9 Å². The minimum Gasteiger partial charge on any atom is -0.459 e. The van der Waals surface area contributed by atoms with Crippen LogP contribution in [0.5, 0.6) is 0 Å². The highest BCUT2D eigenvalue weighted by atomic mass is 35.5. The molecular weight excluding hydrogens is 366 g/mol. The molecule has 0 saturated carbocycles. The van der Waals surface area contributed by atoms with Gasteiger partial charge in [0.05, 0.1) is 0 Å². The summed E-state index contributed by atoms with van der Waals surface area (Å²) < 4.78 is 10.8. The number of carbonyl (C=O) groups excluding carboxylic acids is 2. The molecule has 0 fully saturated rings. The van der Waals surface area contributed by atoms with Crippen LogP contribution in [0.15, 0.2) is 59.6 Å². The largest absolute Gasteiger partial charge is 0.459 e. The van der Waals surface area contributed by atoms with Crippen LogP contribution in [0.1, 0.15) is 37.3 Å². The lowest BCUT2D eigenvalue weighted by atomic mass is 9.94. The smallest absolute Gasteiger partial charge is 0.352 e. The molecule has 5 nitrogen and oxygen atoms in total. The molecule has 2 aromatic carbocycles. The average molecular weight is 386 g/mol. The third-order valence-corrected chi connectivity index (χ3v) is 4.61. The number of rotatable bonds is 7. The summed E-state index contributed by atoms with van der Waals surface area (Å²) in [6.45, 7) is 2.06. The zero-order chi connectivity index (χ0) is 19.3. The Morgan fingerprint density at radius 3 is 2.52 bits per heavy atom. The Hall–Kier alpha value is -2.66. The Labute approximate surface area is 163 Å².